The maximum Gasteiger partial charge on any atom is 0.383 e. The predicted octanol–water partition coefficient (Wildman–Crippen LogP) is 1.73. The summed E-state index contributed by atoms with van der Waals surface area (Å²) in [7, 11) is 0. The fraction of sp³-hybridized carbons (Fsp3) is 0.909. The van der Waals surface area contributed by atoms with Gasteiger partial charge in [-0.15, -0.1) is 0 Å². The Kier molecular flexibility index (Phi) is 5.37. The topological polar surface area (TPSA) is 32.3 Å². The Morgan fingerprint density at radius 1 is 1.33 bits per heavy atom. The van der Waals surface area contributed by atoms with Crippen LogP contribution in [0.4, 0.5) is 17.6 Å². The van der Waals surface area contributed by atoms with Crippen molar-refractivity contribution in [2.24, 2.45) is 5.92 Å². The molecule has 0 bridgehead atoms. The van der Waals surface area contributed by atoms with Crippen LogP contribution in [0.3, 0.4) is 0 Å². The first kappa shape index (κ1) is 15.2. The van der Waals surface area contributed by atoms with E-state index >= 15 is 0 Å². The predicted molar refractivity (Wildman–Crippen MR) is 58.8 cm³/mol. The third-order valence-electron chi connectivity index (χ3n) is 2.96. The fourth-order valence-electron chi connectivity index (χ4n) is 1.95. The van der Waals surface area contributed by atoms with E-state index in [1.165, 1.54) is 0 Å². The van der Waals surface area contributed by atoms with Crippen LogP contribution in [-0.4, -0.2) is 49.3 Å². The summed E-state index contributed by atoms with van der Waals surface area (Å²) in [5, 5.41) is 1.88. The lowest BCUT2D eigenvalue weighted by molar-refractivity contribution is -0.169. The van der Waals surface area contributed by atoms with Gasteiger partial charge in [-0.05, 0) is 31.8 Å². The van der Waals surface area contributed by atoms with Crippen molar-refractivity contribution in [3.8, 4) is 0 Å². The Morgan fingerprint density at radius 3 is 2.39 bits per heavy atom. The van der Waals surface area contributed by atoms with Gasteiger partial charge in [-0.1, -0.05) is 6.92 Å². The second-order valence-electron chi connectivity index (χ2n) is 4.75. The molecule has 3 nitrogen and oxygen atoms in total. The molecule has 1 saturated heterocycles. The first-order valence-corrected chi connectivity index (χ1v) is 6.00. The Labute approximate surface area is 104 Å². The van der Waals surface area contributed by atoms with Crippen molar-refractivity contribution in [2.75, 3.05) is 26.2 Å². The molecule has 1 unspecified atom stereocenters. The van der Waals surface area contributed by atoms with E-state index in [9.17, 15) is 22.4 Å². The molecule has 0 spiro atoms. The van der Waals surface area contributed by atoms with E-state index in [0.29, 0.717) is 6.54 Å². The molecular weight excluding hydrogens is 252 g/mol. The maximum absolute atomic E-state index is 12.6. The SMILES string of the molecule is CC(CNC(=O)C(F)(F)C(F)F)CN1CCCC1. The van der Waals surface area contributed by atoms with Crippen LogP contribution in [0.5, 0.6) is 0 Å². The maximum atomic E-state index is 12.6. The molecule has 106 valence electrons. The van der Waals surface area contributed by atoms with Crippen molar-refractivity contribution in [1.82, 2.24) is 10.2 Å². The molecule has 1 fully saturated rings. The highest BCUT2D eigenvalue weighted by Gasteiger charge is 2.48. The van der Waals surface area contributed by atoms with Gasteiger partial charge in [0.05, 0.1) is 0 Å². The highest BCUT2D eigenvalue weighted by Crippen LogP contribution is 2.22. The lowest BCUT2D eigenvalue weighted by Crippen LogP contribution is -2.47. The molecule has 0 saturated carbocycles. The molecule has 0 aliphatic carbocycles. The number of nitrogens with one attached hydrogen (secondary N) is 1. The van der Waals surface area contributed by atoms with Crippen LogP contribution in [-0.2, 0) is 4.79 Å². The lowest BCUT2D eigenvalue weighted by Gasteiger charge is -2.21. The number of likely N-dealkylation sites (tertiary alicyclic amines) is 1. The second-order valence-corrected chi connectivity index (χ2v) is 4.75. The molecule has 1 aliphatic heterocycles. The molecular formula is C11H18F4N2O. The molecule has 0 aromatic rings. The Morgan fingerprint density at radius 2 is 1.89 bits per heavy atom. The van der Waals surface area contributed by atoms with Crippen molar-refractivity contribution in [3.05, 3.63) is 0 Å². The number of nitrogens with zero attached hydrogens (tertiary/aromatic N) is 1. The minimum Gasteiger partial charge on any atom is -0.350 e. The minimum atomic E-state index is -4.60. The largest absolute Gasteiger partial charge is 0.383 e. The van der Waals surface area contributed by atoms with Crippen LogP contribution >= 0.6 is 0 Å². The van der Waals surface area contributed by atoms with Crippen molar-refractivity contribution in [3.63, 3.8) is 0 Å². The fourth-order valence-corrected chi connectivity index (χ4v) is 1.95. The van der Waals surface area contributed by atoms with Gasteiger partial charge in [0.2, 0.25) is 0 Å². The van der Waals surface area contributed by atoms with Gasteiger partial charge >= 0.3 is 12.3 Å². The van der Waals surface area contributed by atoms with E-state index in [0.717, 1.165) is 25.9 Å². The zero-order chi connectivity index (χ0) is 13.8. The molecule has 0 radical (unpaired) electrons. The van der Waals surface area contributed by atoms with Gasteiger partial charge in [0, 0.05) is 13.1 Å². The molecule has 18 heavy (non-hydrogen) atoms. The van der Waals surface area contributed by atoms with E-state index in [2.05, 4.69) is 4.90 Å². The summed E-state index contributed by atoms with van der Waals surface area (Å²) in [5.74, 6) is -6.54. The average Bonchev–Trinajstić information content (AvgIpc) is 2.78. The average molecular weight is 270 g/mol. The van der Waals surface area contributed by atoms with Crippen LogP contribution in [0.15, 0.2) is 0 Å². The summed E-state index contributed by atoms with van der Waals surface area (Å²) in [6.07, 6.45) is -1.74. The molecule has 1 aliphatic rings. The van der Waals surface area contributed by atoms with Gasteiger partial charge < -0.3 is 10.2 Å². The van der Waals surface area contributed by atoms with Crippen LogP contribution in [0, 0.1) is 5.92 Å². The van der Waals surface area contributed by atoms with Gasteiger partial charge in [-0.3, -0.25) is 4.79 Å². The van der Waals surface area contributed by atoms with Gasteiger partial charge in [0.15, 0.2) is 0 Å². The lowest BCUT2D eigenvalue weighted by atomic mass is 10.1. The van der Waals surface area contributed by atoms with E-state index in [1.54, 1.807) is 6.92 Å². The second kappa shape index (κ2) is 6.36. The zero-order valence-corrected chi connectivity index (χ0v) is 10.3. The highest BCUT2D eigenvalue weighted by molar-refractivity contribution is 5.83. The van der Waals surface area contributed by atoms with Crippen LogP contribution in [0.1, 0.15) is 19.8 Å². The summed E-state index contributed by atoms with van der Waals surface area (Å²) < 4.78 is 49.0. The van der Waals surface area contributed by atoms with Crippen LogP contribution in [0.2, 0.25) is 0 Å². The number of carbonyl (C=O) groups excluding carboxylic acids is 1. The Hall–Kier alpha value is -0.850. The molecule has 0 aromatic carbocycles. The molecule has 1 amide bonds. The molecule has 1 atom stereocenters. The van der Waals surface area contributed by atoms with Gasteiger partial charge in [-0.2, -0.15) is 8.78 Å². The molecule has 0 aromatic heterocycles. The van der Waals surface area contributed by atoms with Crippen LogP contribution in [0.25, 0.3) is 0 Å². The zero-order valence-electron chi connectivity index (χ0n) is 10.3. The summed E-state index contributed by atoms with van der Waals surface area (Å²) in [6.45, 7) is 4.38. The van der Waals surface area contributed by atoms with Crippen molar-refractivity contribution in [2.45, 2.75) is 32.1 Å². The third-order valence-corrected chi connectivity index (χ3v) is 2.96. The van der Waals surface area contributed by atoms with Gasteiger partial charge in [0.25, 0.3) is 5.91 Å². The summed E-state index contributed by atoms with van der Waals surface area (Å²) in [6, 6.07) is 0. The van der Waals surface area contributed by atoms with Crippen LogP contribution < -0.4 is 5.32 Å². The van der Waals surface area contributed by atoms with Gasteiger partial charge in [0.1, 0.15) is 0 Å². The first-order valence-electron chi connectivity index (χ1n) is 6.00. The number of halogens is 4. The van der Waals surface area contributed by atoms with Gasteiger partial charge in [-0.25, -0.2) is 8.78 Å². The Balaban J connectivity index is 2.29. The number of hydrogen-bond acceptors (Lipinski definition) is 2. The molecule has 1 rings (SSSR count). The van der Waals surface area contributed by atoms with E-state index in [4.69, 9.17) is 0 Å². The monoisotopic (exact) mass is 270 g/mol. The Bertz CT molecular complexity index is 280. The van der Waals surface area contributed by atoms with Crippen molar-refractivity contribution in [1.29, 1.82) is 0 Å². The first-order chi connectivity index (χ1) is 8.34. The quantitative estimate of drug-likeness (QED) is 0.746. The molecule has 7 heteroatoms. The van der Waals surface area contributed by atoms with E-state index in [-0.39, 0.29) is 12.5 Å². The molecule has 1 N–H and O–H groups in total. The smallest absolute Gasteiger partial charge is 0.350 e. The molecule has 1 heterocycles. The van der Waals surface area contributed by atoms with Crippen molar-refractivity contribution < 1.29 is 22.4 Å². The number of amides is 1. The van der Waals surface area contributed by atoms with E-state index < -0.39 is 18.3 Å². The standard InChI is InChI=1S/C11H18F4N2O/c1-8(7-17-4-2-3-5-17)6-16-10(18)11(14,15)9(12)13/h8-9H,2-7H2,1H3,(H,16,18). The number of carbonyl (C=O) groups is 1. The number of hydrogen-bond donors (Lipinski definition) is 1. The van der Waals surface area contributed by atoms with E-state index in [1.807, 2.05) is 5.32 Å². The number of alkyl halides is 4. The third kappa shape index (κ3) is 4.12. The highest BCUT2D eigenvalue weighted by atomic mass is 19.3. The van der Waals surface area contributed by atoms with Crippen molar-refractivity contribution >= 4 is 5.91 Å². The summed E-state index contributed by atoms with van der Waals surface area (Å²) in [5.41, 5.74) is 0. The normalized spacial score (nSPS) is 19.2. The summed E-state index contributed by atoms with van der Waals surface area (Å²) >= 11 is 0. The summed E-state index contributed by atoms with van der Waals surface area (Å²) in [4.78, 5) is 13.1. The minimum absolute atomic E-state index is 0.0162. The number of rotatable bonds is 6.